The number of carboxylic acids is 2. The molecule has 28 heavy (non-hydrogen) atoms. The lowest BCUT2D eigenvalue weighted by atomic mass is 10.2. The van der Waals surface area contributed by atoms with Gasteiger partial charge in [0.05, 0.1) is 20.3 Å². The molecule has 0 amide bonds. The summed E-state index contributed by atoms with van der Waals surface area (Å²) in [5.41, 5.74) is 1.10. The highest BCUT2D eigenvalue weighted by Crippen LogP contribution is 2.28. The molecular weight excluding hydrogens is 366 g/mol. The third-order valence-electron chi connectivity index (χ3n) is 3.57. The topological polar surface area (TPSA) is 114 Å². The molecule has 0 bridgehead atoms. The molecule has 0 radical (unpaired) electrons. The SMILES string of the molecule is C/C=C/c1ccc(OCCOCCNC(C)CC)c(OC)c1.O=C(O)C(=O)O. The number of benzene rings is 1. The van der Waals surface area contributed by atoms with Crippen molar-refractivity contribution in [1.29, 1.82) is 0 Å². The van der Waals surface area contributed by atoms with Crippen LogP contribution in [0.3, 0.4) is 0 Å². The summed E-state index contributed by atoms with van der Waals surface area (Å²) in [6.45, 7) is 8.99. The van der Waals surface area contributed by atoms with E-state index in [0.29, 0.717) is 25.9 Å². The third-order valence-corrected chi connectivity index (χ3v) is 3.57. The lowest BCUT2D eigenvalue weighted by Crippen LogP contribution is -2.29. The summed E-state index contributed by atoms with van der Waals surface area (Å²) in [7, 11) is 1.65. The fourth-order valence-corrected chi connectivity index (χ4v) is 1.93. The van der Waals surface area contributed by atoms with Crippen molar-refractivity contribution in [2.45, 2.75) is 33.2 Å². The van der Waals surface area contributed by atoms with Crippen LogP contribution in [-0.2, 0) is 14.3 Å². The van der Waals surface area contributed by atoms with Crippen LogP contribution in [0.1, 0.15) is 32.8 Å². The first-order chi connectivity index (χ1) is 13.3. The van der Waals surface area contributed by atoms with Crippen molar-refractivity contribution >= 4 is 18.0 Å². The minimum absolute atomic E-state index is 0.517. The maximum atomic E-state index is 9.10. The van der Waals surface area contributed by atoms with Crippen molar-refractivity contribution in [3.05, 3.63) is 29.8 Å². The Kier molecular flexibility index (Phi) is 14.0. The van der Waals surface area contributed by atoms with Crippen molar-refractivity contribution < 1.29 is 34.0 Å². The van der Waals surface area contributed by atoms with Crippen LogP contribution in [0.2, 0.25) is 0 Å². The number of rotatable bonds is 11. The van der Waals surface area contributed by atoms with Gasteiger partial charge >= 0.3 is 11.9 Å². The number of aliphatic carboxylic acids is 2. The molecule has 0 aliphatic rings. The monoisotopic (exact) mass is 397 g/mol. The molecule has 1 aromatic carbocycles. The van der Waals surface area contributed by atoms with E-state index in [1.807, 2.05) is 37.3 Å². The molecule has 3 N–H and O–H groups in total. The fraction of sp³-hybridized carbons (Fsp3) is 0.500. The zero-order chi connectivity index (χ0) is 21.4. The van der Waals surface area contributed by atoms with Crippen LogP contribution in [0.25, 0.3) is 6.08 Å². The van der Waals surface area contributed by atoms with Crippen LogP contribution in [0, 0.1) is 0 Å². The quantitative estimate of drug-likeness (QED) is 0.386. The Labute approximate surface area is 166 Å². The van der Waals surface area contributed by atoms with Gasteiger partial charge < -0.3 is 29.7 Å². The highest BCUT2D eigenvalue weighted by atomic mass is 16.5. The summed E-state index contributed by atoms with van der Waals surface area (Å²) in [6, 6.07) is 6.44. The molecule has 1 rings (SSSR count). The van der Waals surface area contributed by atoms with Crippen LogP contribution in [0.15, 0.2) is 24.3 Å². The summed E-state index contributed by atoms with van der Waals surface area (Å²) in [6.07, 6.45) is 5.16. The number of carbonyl (C=O) groups is 2. The van der Waals surface area contributed by atoms with Gasteiger partial charge in [-0.25, -0.2) is 9.59 Å². The van der Waals surface area contributed by atoms with Gasteiger partial charge in [0, 0.05) is 12.6 Å². The van der Waals surface area contributed by atoms with Gasteiger partial charge in [0.25, 0.3) is 0 Å². The number of hydrogen-bond acceptors (Lipinski definition) is 6. The van der Waals surface area contributed by atoms with Crippen molar-refractivity contribution in [2.24, 2.45) is 0 Å². The van der Waals surface area contributed by atoms with Crippen LogP contribution in [0.4, 0.5) is 0 Å². The molecule has 0 heterocycles. The number of hydrogen-bond donors (Lipinski definition) is 3. The third kappa shape index (κ3) is 11.9. The minimum atomic E-state index is -1.82. The Bertz CT molecular complexity index is 605. The summed E-state index contributed by atoms with van der Waals surface area (Å²) < 4.78 is 16.6. The highest BCUT2D eigenvalue weighted by molar-refractivity contribution is 6.27. The second-order valence-electron chi connectivity index (χ2n) is 5.74. The smallest absolute Gasteiger partial charge is 0.414 e. The maximum absolute atomic E-state index is 9.10. The predicted octanol–water partition coefficient (Wildman–Crippen LogP) is 2.67. The maximum Gasteiger partial charge on any atom is 0.414 e. The van der Waals surface area contributed by atoms with Gasteiger partial charge in [-0.05, 0) is 38.0 Å². The summed E-state index contributed by atoms with van der Waals surface area (Å²) in [4.78, 5) is 18.2. The largest absolute Gasteiger partial charge is 0.493 e. The van der Waals surface area contributed by atoms with E-state index in [0.717, 1.165) is 30.0 Å². The second kappa shape index (κ2) is 15.5. The van der Waals surface area contributed by atoms with E-state index in [1.165, 1.54) is 0 Å². The average Bonchev–Trinajstić information content (AvgIpc) is 2.68. The molecule has 0 aromatic heterocycles. The molecule has 0 saturated heterocycles. The molecule has 8 heteroatoms. The molecule has 0 saturated carbocycles. The number of allylic oxidation sites excluding steroid dienone is 1. The second-order valence-corrected chi connectivity index (χ2v) is 5.74. The minimum Gasteiger partial charge on any atom is -0.493 e. The average molecular weight is 397 g/mol. The van der Waals surface area contributed by atoms with Gasteiger partial charge in [-0.15, -0.1) is 0 Å². The molecule has 8 nitrogen and oxygen atoms in total. The van der Waals surface area contributed by atoms with Crippen molar-refractivity contribution in [1.82, 2.24) is 5.32 Å². The van der Waals surface area contributed by atoms with Crippen molar-refractivity contribution in [3.8, 4) is 11.5 Å². The first kappa shape index (κ1) is 25.4. The molecule has 0 spiro atoms. The molecule has 0 fully saturated rings. The lowest BCUT2D eigenvalue weighted by molar-refractivity contribution is -0.159. The molecular formula is C20H31NO7. The van der Waals surface area contributed by atoms with Crippen LogP contribution in [-0.4, -0.2) is 61.7 Å². The Hall–Kier alpha value is -2.58. The van der Waals surface area contributed by atoms with Crippen molar-refractivity contribution in [2.75, 3.05) is 33.5 Å². The highest BCUT2D eigenvalue weighted by Gasteiger charge is 2.05. The molecule has 1 aromatic rings. The van der Waals surface area contributed by atoms with Gasteiger partial charge in [0.2, 0.25) is 0 Å². The molecule has 0 aliphatic carbocycles. The molecule has 1 atom stereocenters. The number of nitrogens with one attached hydrogen (secondary N) is 1. The van der Waals surface area contributed by atoms with E-state index in [-0.39, 0.29) is 0 Å². The Morgan fingerprint density at radius 1 is 1.14 bits per heavy atom. The molecule has 0 aliphatic heterocycles. The zero-order valence-electron chi connectivity index (χ0n) is 16.9. The Morgan fingerprint density at radius 2 is 1.82 bits per heavy atom. The van der Waals surface area contributed by atoms with E-state index in [4.69, 9.17) is 34.0 Å². The molecule has 1 unspecified atom stereocenters. The van der Waals surface area contributed by atoms with E-state index in [2.05, 4.69) is 19.2 Å². The summed E-state index contributed by atoms with van der Waals surface area (Å²) >= 11 is 0. The van der Waals surface area contributed by atoms with Gasteiger partial charge in [-0.3, -0.25) is 0 Å². The fourth-order valence-electron chi connectivity index (χ4n) is 1.93. The Balaban J connectivity index is 0.00000105. The number of methoxy groups -OCH3 is 1. The normalized spacial score (nSPS) is 11.4. The summed E-state index contributed by atoms with van der Waals surface area (Å²) in [5, 5.41) is 18.2. The first-order valence-electron chi connectivity index (χ1n) is 9.06. The van der Waals surface area contributed by atoms with E-state index in [1.54, 1.807) is 7.11 Å². The number of carboxylic acid groups (broad SMARTS) is 2. The van der Waals surface area contributed by atoms with E-state index >= 15 is 0 Å². The standard InChI is InChI=1S/C18H29NO3.C2H2O4/c1-5-7-16-8-9-17(18(14-16)20-4)22-13-12-21-11-10-19-15(3)6-2;3-1(4)2(5)6/h5,7-9,14-15,19H,6,10-13H2,1-4H3;(H,3,4)(H,5,6)/b7-5+;. The van der Waals surface area contributed by atoms with Gasteiger partial charge in [0.15, 0.2) is 11.5 Å². The summed E-state index contributed by atoms with van der Waals surface area (Å²) in [5.74, 6) is -2.16. The van der Waals surface area contributed by atoms with Crippen LogP contribution in [0.5, 0.6) is 11.5 Å². The van der Waals surface area contributed by atoms with E-state index < -0.39 is 11.9 Å². The predicted molar refractivity (Wildman–Crippen MR) is 107 cm³/mol. The van der Waals surface area contributed by atoms with Crippen LogP contribution < -0.4 is 14.8 Å². The van der Waals surface area contributed by atoms with E-state index in [9.17, 15) is 0 Å². The zero-order valence-corrected chi connectivity index (χ0v) is 16.9. The van der Waals surface area contributed by atoms with Crippen LogP contribution >= 0.6 is 0 Å². The van der Waals surface area contributed by atoms with Gasteiger partial charge in [-0.2, -0.15) is 0 Å². The van der Waals surface area contributed by atoms with Gasteiger partial charge in [-0.1, -0.05) is 25.1 Å². The van der Waals surface area contributed by atoms with Crippen molar-refractivity contribution in [3.63, 3.8) is 0 Å². The first-order valence-corrected chi connectivity index (χ1v) is 9.06. The lowest BCUT2D eigenvalue weighted by Gasteiger charge is -2.13. The number of ether oxygens (including phenoxy) is 3. The van der Waals surface area contributed by atoms with Gasteiger partial charge in [0.1, 0.15) is 6.61 Å². The Morgan fingerprint density at radius 3 is 2.36 bits per heavy atom. The molecule has 158 valence electrons.